The number of rotatable bonds is 8. The van der Waals surface area contributed by atoms with E-state index in [1.54, 1.807) is 24.3 Å². The zero-order valence-electron chi connectivity index (χ0n) is 16.2. The number of phenolic OH excluding ortho intramolecular Hbond substituents is 1. The van der Waals surface area contributed by atoms with Gasteiger partial charge in [-0.1, -0.05) is 38.1 Å². The Bertz CT molecular complexity index is 844. The van der Waals surface area contributed by atoms with Gasteiger partial charge in [0.25, 0.3) is 0 Å². The summed E-state index contributed by atoms with van der Waals surface area (Å²) in [5, 5.41) is 12.1. The van der Waals surface area contributed by atoms with Crippen molar-refractivity contribution in [1.29, 1.82) is 0 Å². The van der Waals surface area contributed by atoms with E-state index in [9.17, 15) is 19.1 Å². The van der Waals surface area contributed by atoms with E-state index >= 15 is 0 Å². The minimum absolute atomic E-state index is 0.0387. The van der Waals surface area contributed by atoms with Crippen LogP contribution < -0.4 is 5.32 Å². The van der Waals surface area contributed by atoms with Crippen LogP contribution in [0.5, 0.6) is 5.75 Å². The number of ether oxygens (including phenoxy) is 2. The minimum atomic E-state index is -0.865. The van der Waals surface area contributed by atoms with Gasteiger partial charge in [-0.25, -0.2) is 9.18 Å². The van der Waals surface area contributed by atoms with Crippen LogP contribution in [0.25, 0.3) is 0 Å². The van der Waals surface area contributed by atoms with E-state index in [-0.39, 0.29) is 12.4 Å². The molecule has 2 N–H and O–H groups in total. The highest BCUT2D eigenvalue weighted by Crippen LogP contribution is 2.40. The van der Waals surface area contributed by atoms with Gasteiger partial charge < -0.3 is 14.6 Å². The molecule has 0 unspecified atom stereocenters. The number of thiol groups is 1. The van der Waals surface area contributed by atoms with Gasteiger partial charge in [0.15, 0.2) is 11.6 Å². The van der Waals surface area contributed by atoms with Crippen molar-refractivity contribution in [1.82, 2.24) is 0 Å². The maximum atomic E-state index is 13.9. The lowest BCUT2D eigenvalue weighted by atomic mass is 9.80. The number of esters is 1. The largest absolute Gasteiger partial charge is 0.505 e. The minimum Gasteiger partial charge on any atom is -0.505 e. The lowest BCUT2D eigenvalue weighted by molar-refractivity contribution is -0.141. The molecule has 2 rings (SSSR count). The van der Waals surface area contributed by atoms with Crippen LogP contribution in [0.1, 0.15) is 31.9 Å². The molecule has 1 atom stereocenters. The molecule has 2 aromatic carbocycles. The van der Waals surface area contributed by atoms with E-state index in [0.717, 1.165) is 6.07 Å². The van der Waals surface area contributed by atoms with Crippen LogP contribution in [-0.4, -0.2) is 29.5 Å². The van der Waals surface area contributed by atoms with Gasteiger partial charge in [0.1, 0.15) is 6.10 Å². The van der Waals surface area contributed by atoms with Crippen molar-refractivity contribution in [2.45, 2.75) is 26.4 Å². The second kappa shape index (κ2) is 10.2. The summed E-state index contributed by atoms with van der Waals surface area (Å²) >= 11 is 3.85. The van der Waals surface area contributed by atoms with Crippen molar-refractivity contribution in [2.75, 3.05) is 17.7 Å². The molecule has 0 aliphatic carbocycles. The number of carbonyl (C=O) groups excluding carboxylic acids is 2. The van der Waals surface area contributed by atoms with Gasteiger partial charge in [0, 0.05) is 11.1 Å². The lowest BCUT2D eigenvalue weighted by Gasteiger charge is -2.34. The molecule has 2 aromatic rings. The molecule has 0 radical (unpaired) electrons. The predicted octanol–water partition coefficient (Wildman–Crippen LogP) is 4.71. The molecule has 0 spiro atoms. The highest BCUT2D eigenvalue weighted by atomic mass is 32.1. The van der Waals surface area contributed by atoms with Gasteiger partial charge in [-0.05, 0) is 36.2 Å². The van der Waals surface area contributed by atoms with E-state index in [4.69, 9.17) is 9.47 Å². The second-order valence-corrected chi connectivity index (χ2v) is 7.42. The van der Waals surface area contributed by atoms with Crippen molar-refractivity contribution in [3.8, 4) is 5.75 Å². The molecular weight excluding hydrogens is 397 g/mol. The van der Waals surface area contributed by atoms with Crippen LogP contribution in [0.4, 0.5) is 14.9 Å². The van der Waals surface area contributed by atoms with E-state index < -0.39 is 35.1 Å². The molecule has 0 bridgehead atoms. The number of benzene rings is 2. The number of hydrogen-bond donors (Lipinski definition) is 3. The number of anilines is 1. The lowest BCUT2D eigenvalue weighted by Crippen LogP contribution is -2.30. The Morgan fingerprint density at radius 1 is 1.21 bits per heavy atom. The molecule has 0 fully saturated rings. The molecule has 0 aliphatic rings. The zero-order chi connectivity index (χ0) is 21.4. The smallest absolute Gasteiger partial charge is 0.412 e. The molecule has 0 saturated heterocycles. The summed E-state index contributed by atoms with van der Waals surface area (Å²) in [6.45, 7) is 3.71. The monoisotopic (exact) mass is 421 g/mol. The highest BCUT2D eigenvalue weighted by Gasteiger charge is 2.35. The zero-order valence-corrected chi connectivity index (χ0v) is 17.1. The van der Waals surface area contributed by atoms with Crippen LogP contribution in [0.2, 0.25) is 0 Å². The van der Waals surface area contributed by atoms with Crippen LogP contribution in [0, 0.1) is 11.2 Å². The first-order valence-corrected chi connectivity index (χ1v) is 9.64. The number of para-hydroxylation sites is 1. The van der Waals surface area contributed by atoms with E-state index in [1.165, 1.54) is 12.1 Å². The number of amides is 1. The Hall–Kier alpha value is -2.74. The first kappa shape index (κ1) is 22.5. The number of nitrogens with one attached hydrogen (secondary N) is 1. The third-order valence-electron chi connectivity index (χ3n) is 4.37. The fourth-order valence-electron chi connectivity index (χ4n) is 2.75. The highest BCUT2D eigenvalue weighted by molar-refractivity contribution is 7.81. The standard InChI is InChI=1S/C21H24FNO5S/c1-21(2,10-11-27-18(25)13-29)19(14-8-9-17(24)16(22)12-14)28-20(26)23-15-6-4-3-5-7-15/h3-9,12,19,24,29H,10-11,13H2,1-2H3,(H,23,26)/t19-/m0/s1. The van der Waals surface area contributed by atoms with Crippen molar-refractivity contribution in [3.05, 3.63) is 59.9 Å². The first-order valence-electron chi connectivity index (χ1n) is 9.00. The topological polar surface area (TPSA) is 84.9 Å². The Kier molecular flexibility index (Phi) is 7.90. The summed E-state index contributed by atoms with van der Waals surface area (Å²) in [5.74, 6) is -1.82. The van der Waals surface area contributed by atoms with Crippen LogP contribution >= 0.6 is 12.6 Å². The summed E-state index contributed by atoms with van der Waals surface area (Å²) in [5.41, 5.74) is 0.205. The summed E-state index contributed by atoms with van der Waals surface area (Å²) in [4.78, 5) is 23.8. The molecule has 156 valence electrons. The van der Waals surface area contributed by atoms with Gasteiger partial charge >= 0.3 is 12.1 Å². The maximum absolute atomic E-state index is 13.9. The Morgan fingerprint density at radius 2 is 1.90 bits per heavy atom. The molecule has 0 aromatic heterocycles. The number of aromatic hydroxyl groups is 1. The van der Waals surface area contributed by atoms with E-state index in [2.05, 4.69) is 17.9 Å². The van der Waals surface area contributed by atoms with E-state index in [1.807, 2.05) is 19.9 Å². The number of carbonyl (C=O) groups is 2. The van der Waals surface area contributed by atoms with Gasteiger partial charge in [-0.2, -0.15) is 12.6 Å². The third kappa shape index (κ3) is 6.67. The molecular formula is C21H24FNO5S. The summed E-state index contributed by atoms with van der Waals surface area (Å²) in [7, 11) is 0. The number of halogens is 1. The average molecular weight is 421 g/mol. The fourth-order valence-corrected chi connectivity index (χ4v) is 2.84. The normalized spacial score (nSPS) is 12.1. The first-order chi connectivity index (χ1) is 13.7. The van der Waals surface area contributed by atoms with Crippen molar-refractivity contribution in [2.24, 2.45) is 5.41 Å². The van der Waals surface area contributed by atoms with Crippen LogP contribution in [-0.2, 0) is 14.3 Å². The Balaban J connectivity index is 2.21. The molecule has 6 nitrogen and oxygen atoms in total. The van der Waals surface area contributed by atoms with E-state index in [0.29, 0.717) is 17.7 Å². The Morgan fingerprint density at radius 3 is 2.52 bits per heavy atom. The summed E-state index contributed by atoms with van der Waals surface area (Å²) in [6.07, 6.45) is -1.23. The summed E-state index contributed by atoms with van der Waals surface area (Å²) in [6, 6.07) is 12.6. The third-order valence-corrected chi connectivity index (χ3v) is 4.63. The SMILES string of the molecule is CC(C)(CCOC(=O)CS)[C@@H](OC(=O)Nc1ccccc1)c1ccc(O)c(F)c1. The molecule has 8 heteroatoms. The number of hydrogen-bond acceptors (Lipinski definition) is 6. The van der Waals surface area contributed by atoms with Crippen molar-refractivity contribution >= 4 is 30.4 Å². The summed E-state index contributed by atoms with van der Waals surface area (Å²) < 4.78 is 24.6. The Labute approximate surface area is 174 Å². The molecule has 1 amide bonds. The number of phenols is 1. The van der Waals surface area contributed by atoms with Crippen LogP contribution in [0.3, 0.4) is 0 Å². The molecule has 0 heterocycles. The molecule has 0 aliphatic heterocycles. The molecule has 0 saturated carbocycles. The van der Waals surface area contributed by atoms with Gasteiger partial charge in [-0.3, -0.25) is 10.1 Å². The van der Waals surface area contributed by atoms with Gasteiger partial charge in [0.2, 0.25) is 0 Å². The van der Waals surface area contributed by atoms with Crippen molar-refractivity contribution in [3.63, 3.8) is 0 Å². The van der Waals surface area contributed by atoms with Crippen LogP contribution in [0.15, 0.2) is 48.5 Å². The van der Waals surface area contributed by atoms with Gasteiger partial charge in [0.05, 0.1) is 12.4 Å². The molecule has 29 heavy (non-hydrogen) atoms. The predicted molar refractivity (Wildman–Crippen MR) is 111 cm³/mol. The second-order valence-electron chi connectivity index (χ2n) is 7.10. The average Bonchev–Trinajstić information content (AvgIpc) is 2.68. The maximum Gasteiger partial charge on any atom is 0.412 e. The quantitative estimate of drug-likeness (QED) is 0.425. The fraction of sp³-hybridized carbons (Fsp3) is 0.333. The van der Waals surface area contributed by atoms with Crippen molar-refractivity contribution < 1.29 is 28.6 Å². The van der Waals surface area contributed by atoms with Gasteiger partial charge in [-0.15, -0.1) is 0 Å².